The Morgan fingerprint density at radius 2 is 1.62 bits per heavy atom. The third kappa shape index (κ3) is 2.90. The molecule has 0 heterocycles. The number of carbonyl (C=O) groups is 1. The molecule has 0 fully saturated rings. The molecule has 0 spiro atoms. The Morgan fingerprint density at radius 3 is 2.14 bits per heavy atom. The van der Waals surface area contributed by atoms with Gasteiger partial charge in [0.25, 0.3) is 10.0 Å². The standard InChI is InChI=1S/C15H15NO4S/c1-11-5-3-4-6-14(11)16(2)21(19,20)13-9-7-12(8-10-13)15(17)18/h3-10H,1-2H3,(H,17,18). The van der Waals surface area contributed by atoms with E-state index in [-0.39, 0.29) is 10.5 Å². The highest BCUT2D eigenvalue weighted by molar-refractivity contribution is 7.92. The summed E-state index contributed by atoms with van der Waals surface area (Å²) < 4.78 is 26.3. The number of hydrogen-bond acceptors (Lipinski definition) is 3. The number of para-hydroxylation sites is 1. The summed E-state index contributed by atoms with van der Waals surface area (Å²) in [6, 6.07) is 12.3. The average Bonchev–Trinajstić information content (AvgIpc) is 2.47. The van der Waals surface area contributed by atoms with Gasteiger partial charge in [-0.15, -0.1) is 0 Å². The van der Waals surface area contributed by atoms with Gasteiger partial charge in [0.15, 0.2) is 0 Å². The molecule has 0 amide bonds. The molecule has 2 rings (SSSR count). The molecule has 0 aliphatic rings. The Hall–Kier alpha value is -2.34. The molecule has 110 valence electrons. The zero-order valence-corrected chi connectivity index (χ0v) is 12.5. The maximum absolute atomic E-state index is 12.5. The van der Waals surface area contributed by atoms with Crippen LogP contribution in [0.1, 0.15) is 15.9 Å². The fourth-order valence-corrected chi connectivity index (χ4v) is 3.23. The van der Waals surface area contributed by atoms with E-state index in [1.54, 1.807) is 12.1 Å². The van der Waals surface area contributed by atoms with Crippen LogP contribution in [0.25, 0.3) is 0 Å². The van der Waals surface area contributed by atoms with Gasteiger partial charge in [-0.25, -0.2) is 13.2 Å². The van der Waals surface area contributed by atoms with Crippen LogP contribution >= 0.6 is 0 Å². The fourth-order valence-electron chi connectivity index (χ4n) is 1.97. The SMILES string of the molecule is Cc1ccccc1N(C)S(=O)(=O)c1ccc(C(=O)O)cc1. The fraction of sp³-hybridized carbons (Fsp3) is 0.133. The lowest BCUT2D eigenvalue weighted by atomic mass is 10.2. The molecule has 0 aliphatic heterocycles. The van der Waals surface area contributed by atoms with E-state index in [0.717, 1.165) is 5.56 Å². The Kier molecular flexibility index (Phi) is 3.99. The number of aryl methyl sites for hydroxylation is 1. The van der Waals surface area contributed by atoms with Crippen LogP contribution in [-0.4, -0.2) is 26.5 Å². The molecule has 0 saturated carbocycles. The van der Waals surface area contributed by atoms with Gasteiger partial charge in [0.1, 0.15) is 0 Å². The predicted octanol–water partition coefficient (Wildman–Crippen LogP) is 2.52. The van der Waals surface area contributed by atoms with Crippen LogP contribution in [0, 0.1) is 6.92 Å². The van der Waals surface area contributed by atoms with E-state index in [1.807, 2.05) is 19.1 Å². The average molecular weight is 305 g/mol. The van der Waals surface area contributed by atoms with Crippen molar-refractivity contribution in [2.75, 3.05) is 11.4 Å². The van der Waals surface area contributed by atoms with Gasteiger partial charge in [-0.3, -0.25) is 4.31 Å². The Balaban J connectivity index is 2.42. The van der Waals surface area contributed by atoms with Crippen molar-refractivity contribution >= 4 is 21.7 Å². The molecule has 0 unspecified atom stereocenters. The van der Waals surface area contributed by atoms with Crippen LogP contribution in [0.4, 0.5) is 5.69 Å². The van der Waals surface area contributed by atoms with Crippen molar-refractivity contribution < 1.29 is 18.3 Å². The molecule has 0 aromatic heterocycles. The van der Waals surface area contributed by atoms with Gasteiger partial charge >= 0.3 is 5.97 Å². The van der Waals surface area contributed by atoms with Crippen LogP contribution in [0.15, 0.2) is 53.4 Å². The zero-order chi connectivity index (χ0) is 15.6. The van der Waals surface area contributed by atoms with Crippen molar-refractivity contribution in [3.8, 4) is 0 Å². The molecule has 0 radical (unpaired) electrons. The molecule has 0 aliphatic carbocycles. The van der Waals surface area contributed by atoms with E-state index in [9.17, 15) is 13.2 Å². The van der Waals surface area contributed by atoms with E-state index in [4.69, 9.17) is 5.11 Å². The van der Waals surface area contributed by atoms with Gasteiger partial charge in [-0.05, 0) is 42.8 Å². The quantitative estimate of drug-likeness (QED) is 0.942. The van der Waals surface area contributed by atoms with Gasteiger partial charge in [-0.1, -0.05) is 18.2 Å². The lowest BCUT2D eigenvalue weighted by Gasteiger charge is -2.21. The van der Waals surface area contributed by atoms with Crippen LogP contribution in [0.5, 0.6) is 0 Å². The monoisotopic (exact) mass is 305 g/mol. The maximum Gasteiger partial charge on any atom is 0.335 e. The first kappa shape index (κ1) is 15.1. The topological polar surface area (TPSA) is 74.7 Å². The van der Waals surface area contributed by atoms with Crippen LogP contribution < -0.4 is 4.31 Å². The summed E-state index contributed by atoms with van der Waals surface area (Å²) in [5.41, 5.74) is 1.47. The second-order valence-electron chi connectivity index (χ2n) is 4.59. The molecule has 5 nitrogen and oxygen atoms in total. The lowest BCUT2D eigenvalue weighted by Crippen LogP contribution is -2.27. The Bertz CT molecular complexity index is 767. The summed E-state index contributed by atoms with van der Waals surface area (Å²) >= 11 is 0. The van der Waals surface area contributed by atoms with Crippen molar-refractivity contribution in [3.05, 3.63) is 59.7 Å². The summed E-state index contributed by atoms with van der Waals surface area (Å²) in [6.45, 7) is 1.83. The molecule has 6 heteroatoms. The van der Waals surface area contributed by atoms with Crippen LogP contribution in [-0.2, 0) is 10.0 Å². The number of anilines is 1. The molecule has 2 aromatic rings. The normalized spacial score (nSPS) is 11.1. The van der Waals surface area contributed by atoms with Crippen molar-refractivity contribution in [1.29, 1.82) is 0 Å². The minimum atomic E-state index is -3.72. The lowest BCUT2D eigenvalue weighted by molar-refractivity contribution is 0.0697. The molecular formula is C15H15NO4S. The van der Waals surface area contributed by atoms with Crippen molar-refractivity contribution in [1.82, 2.24) is 0 Å². The first-order valence-corrected chi connectivity index (χ1v) is 7.66. The predicted molar refractivity (Wildman–Crippen MR) is 80.2 cm³/mol. The van der Waals surface area contributed by atoms with E-state index >= 15 is 0 Å². The largest absolute Gasteiger partial charge is 0.478 e. The smallest absolute Gasteiger partial charge is 0.335 e. The van der Waals surface area contributed by atoms with E-state index in [1.165, 1.54) is 35.6 Å². The number of nitrogens with zero attached hydrogens (tertiary/aromatic N) is 1. The Labute approximate surface area is 123 Å². The third-order valence-corrected chi connectivity index (χ3v) is 5.00. The highest BCUT2D eigenvalue weighted by Gasteiger charge is 2.22. The van der Waals surface area contributed by atoms with Gasteiger partial charge in [0, 0.05) is 7.05 Å². The van der Waals surface area contributed by atoms with E-state index in [2.05, 4.69) is 0 Å². The zero-order valence-electron chi connectivity index (χ0n) is 11.6. The molecule has 21 heavy (non-hydrogen) atoms. The van der Waals surface area contributed by atoms with Crippen LogP contribution in [0.2, 0.25) is 0 Å². The van der Waals surface area contributed by atoms with Crippen molar-refractivity contribution in [2.24, 2.45) is 0 Å². The number of rotatable bonds is 4. The summed E-state index contributed by atoms with van der Waals surface area (Å²) in [5.74, 6) is -1.09. The van der Waals surface area contributed by atoms with Gasteiger partial charge in [0.2, 0.25) is 0 Å². The first-order valence-electron chi connectivity index (χ1n) is 6.22. The number of hydrogen-bond donors (Lipinski definition) is 1. The second-order valence-corrected chi connectivity index (χ2v) is 6.56. The number of sulfonamides is 1. The highest BCUT2D eigenvalue weighted by atomic mass is 32.2. The molecule has 1 N–H and O–H groups in total. The number of aromatic carboxylic acids is 1. The first-order chi connectivity index (χ1) is 9.84. The summed E-state index contributed by atoms with van der Waals surface area (Å²) in [5, 5.41) is 8.84. The van der Waals surface area contributed by atoms with Crippen LogP contribution in [0.3, 0.4) is 0 Å². The summed E-state index contributed by atoms with van der Waals surface area (Å²) in [6.07, 6.45) is 0. The van der Waals surface area contributed by atoms with Gasteiger partial charge in [-0.2, -0.15) is 0 Å². The summed E-state index contributed by atoms with van der Waals surface area (Å²) in [7, 11) is -2.24. The molecule has 0 bridgehead atoms. The third-order valence-electron chi connectivity index (χ3n) is 3.21. The van der Waals surface area contributed by atoms with Gasteiger partial charge in [0.05, 0.1) is 16.1 Å². The van der Waals surface area contributed by atoms with Gasteiger partial charge < -0.3 is 5.11 Å². The Morgan fingerprint density at radius 1 is 1.05 bits per heavy atom. The van der Waals surface area contributed by atoms with Crippen molar-refractivity contribution in [3.63, 3.8) is 0 Å². The number of carboxylic acid groups (broad SMARTS) is 1. The molecule has 0 saturated heterocycles. The number of carboxylic acids is 1. The minimum Gasteiger partial charge on any atom is -0.478 e. The highest BCUT2D eigenvalue weighted by Crippen LogP contribution is 2.25. The summed E-state index contributed by atoms with van der Waals surface area (Å²) in [4.78, 5) is 10.9. The number of benzene rings is 2. The van der Waals surface area contributed by atoms with Crippen molar-refractivity contribution in [2.45, 2.75) is 11.8 Å². The maximum atomic E-state index is 12.5. The second kappa shape index (κ2) is 5.57. The van der Waals surface area contributed by atoms with E-state index < -0.39 is 16.0 Å². The van der Waals surface area contributed by atoms with E-state index in [0.29, 0.717) is 5.69 Å². The molecular weight excluding hydrogens is 290 g/mol. The minimum absolute atomic E-state index is 0.0486. The molecule has 2 aromatic carbocycles. The molecule has 0 atom stereocenters.